The second-order valence-electron chi connectivity index (χ2n) is 6.75. The molecule has 0 aliphatic carbocycles. The molecule has 1 atom stereocenters. The molecule has 0 aliphatic heterocycles. The largest absolute Gasteiger partial charge is 0.493 e. The zero-order valence-electron chi connectivity index (χ0n) is 16.9. The smallest absolute Gasteiger partial charge is 0.245 e. The number of ether oxygens (including phenoxy) is 2. The van der Waals surface area contributed by atoms with Crippen LogP contribution in [-0.2, 0) is 15.8 Å². The molecule has 3 N–H and O–H groups in total. The average molecular weight is 424 g/mol. The van der Waals surface area contributed by atoms with E-state index in [0.29, 0.717) is 22.1 Å². The van der Waals surface area contributed by atoms with E-state index in [-0.39, 0.29) is 6.42 Å². The number of benzene rings is 3. The van der Waals surface area contributed by atoms with Crippen molar-refractivity contribution in [1.82, 2.24) is 5.43 Å². The summed E-state index contributed by atoms with van der Waals surface area (Å²) >= 11 is 0. The molecule has 0 radical (unpaired) electrons. The molecule has 6 nitrogen and oxygen atoms in total. The molecule has 0 aliphatic rings. The molecule has 0 saturated heterocycles. The summed E-state index contributed by atoms with van der Waals surface area (Å²) in [6.45, 7) is 0. The molecular weight excluding hydrogens is 399 g/mol. The summed E-state index contributed by atoms with van der Waals surface area (Å²) in [5.41, 5.74) is 2.10. The van der Waals surface area contributed by atoms with Crippen LogP contribution < -0.4 is 31.4 Å². The van der Waals surface area contributed by atoms with Gasteiger partial charge in [0.1, 0.15) is 5.66 Å². The second kappa shape index (κ2) is 9.61. The van der Waals surface area contributed by atoms with E-state index < -0.39 is 18.7 Å². The van der Waals surface area contributed by atoms with E-state index in [1.807, 2.05) is 42.5 Å². The third kappa shape index (κ3) is 4.25. The molecular formula is C23H25N2O4P. The minimum Gasteiger partial charge on any atom is -0.493 e. The summed E-state index contributed by atoms with van der Waals surface area (Å²) in [5, 5.41) is 1.20. The monoisotopic (exact) mass is 424 g/mol. The van der Waals surface area contributed by atoms with Gasteiger partial charge in [0.2, 0.25) is 5.91 Å². The topological polar surface area (TPSA) is 90.6 Å². The maximum absolute atomic E-state index is 14.6. The fourth-order valence-electron chi connectivity index (χ4n) is 3.52. The highest BCUT2D eigenvalue weighted by Gasteiger charge is 2.41. The van der Waals surface area contributed by atoms with Crippen LogP contribution in [0.1, 0.15) is 5.56 Å². The van der Waals surface area contributed by atoms with Gasteiger partial charge in [-0.3, -0.25) is 10.2 Å². The van der Waals surface area contributed by atoms with Gasteiger partial charge in [0.25, 0.3) is 0 Å². The van der Waals surface area contributed by atoms with Crippen molar-refractivity contribution < 1.29 is 18.8 Å². The first-order chi connectivity index (χ1) is 14.5. The highest BCUT2D eigenvalue weighted by Crippen LogP contribution is 2.50. The quantitative estimate of drug-likeness (QED) is 0.251. The van der Waals surface area contributed by atoms with Crippen LogP contribution in [0.5, 0.6) is 11.5 Å². The number of hydrogen-bond donors (Lipinski definition) is 2. The highest BCUT2D eigenvalue weighted by atomic mass is 31.2. The Bertz CT molecular complexity index is 998. The van der Waals surface area contributed by atoms with Crippen LogP contribution in [0.15, 0.2) is 78.9 Å². The van der Waals surface area contributed by atoms with Crippen molar-refractivity contribution >= 4 is 23.7 Å². The van der Waals surface area contributed by atoms with Crippen LogP contribution in [0.3, 0.4) is 0 Å². The van der Waals surface area contributed by atoms with Crippen molar-refractivity contribution in [3.05, 3.63) is 84.4 Å². The van der Waals surface area contributed by atoms with Gasteiger partial charge in [0, 0.05) is 10.6 Å². The van der Waals surface area contributed by atoms with Gasteiger partial charge in [-0.25, -0.2) is 5.84 Å². The molecule has 7 heteroatoms. The van der Waals surface area contributed by atoms with Gasteiger partial charge in [-0.2, -0.15) is 0 Å². The Kier molecular flexibility index (Phi) is 6.93. The summed E-state index contributed by atoms with van der Waals surface area (Å²) in [4.78, 5) is 12.9. The van der Waals surface area contributed by atoms with E-state index in [9.17, 15) is 9.36 Å². The molecule has 0 spiro atoms. The van der Waals surface area contributed by atoms with E-state index in [1.54, 1.807) is 50.6 Å². The normalized spacial score (nSPS) is 12.1. The van der Waals surface area contributed by atoms with Gasteiger partial charge >= 0.3 is 0 Å². The first-order valence-electron chi connectivity index (χ1n) is 9.47. The van der Waals surface area contributed by atoms with Gasteiger partial charge in [-0.15, -0.1) is 0 Å². The molecule has 0 fully saturated rings. The van der Waals surface area contributed by atoms with E-state index in [2.05, 4.69) is 5.43 Å². The van der Waals surface area contributed by atoms with Crippen molar-refractivity contribution in [2.24, 2.45) is 5.84 Å². The Morgan fingerprint density at radius 1 is 0.900 bits per heavy atom. The molecule has 0 saturated carbocycles. The zero-order valence-corrected chi connectivity index (χ0v) is 17.8. The lowest BCUT2D eigenvalue weighted by molar-refractivity contribution is -0.120. The van der Waals surface area contributed by atoms with Gasteiger partial charge in [-0.1, -0.05) is 66.7 Å². The first kappa shape index (κ1) is 21.6. The average Bonchev–Trinajstić information content (AvgIpc) is 2.82. The Balaban J connectivity index is 2.14. The molecule has 3 aromatic carbocycles. The molecule has 3 aromatic rings. The van der Waals surface area contributed by atoms with E-state index >= 15 is 0 Å². The summed E-state index contributed by atoms with van der Waals surface area (Å²) < 4.78 is 25.3. The minimum atomic E-state index is -3.38. The van der Waals surface area contributed by atoms with Crippen molar-refractivity contribution in [2.75, 3.05) is 14.2 Å². The van der Waals surface area contributed by atoms with Gasteiger partial charge in [-0.05, 0) is 24.1 Å². The van der Waals surface area contributed by atoms with Crippen LogP contribution >= 0.6 is 7.14 Å². The van der Waals surface area contributed by atoms with Gasteiger partial charge < -0.3 is 14.0 Å². The molecule has 156 valence electrons. The molecule has 0 heterocycles. The number of methoxy groups -OCH3 is 2. The summed E-state index contributed by atoms with van der Waals surface area (Å²) in [7, 11) is -0.276. The number of carbonyl (C=O) groups excluding carboxylic acids is 1. The third-order valence-corrected chi connectivity index (χ3v) is 8.47. The van der Waals surface area contributed by atoms with Gasteiger partial charge in [0.15, 0.2) is 18.6 Å². The van der Waals surface area contributed by atoms with Crippen LogP contribution in [0.25, 0.3) is 0 Å². The van der Waals surface area contributed by atoms with Crippen LogP contribution in [0.4, 0.5) is 0 Å². The van der Waals surface area contributed by atoms with Crippen LogP contribution in [-0.4, -0.2) is 25.8 Å². The predicted molar refractivity (Wildman–Crippen MR) is 119 cm³/mol. The highest BCUT2D eigenvalue weighted by molar-refractivity contribution is 7.80. The number of nitrogens with one attached hydrogen (secondary N) is 1. The van der Waals surface area contributed by atoms with E-state index in [0.717, 1.165) is 5.56 Å². The number of nitrogens with two attached hydrogens (primary N) is 1. The SMILES string of the molecule is COc1ccc(C[C@H](C(=O)NN)P(=O)(c2ccccc2)c2ccccc2)cc1OC. The number of amides is 1. The number of hydrazine groups is 1. The van der Waals surface area contributed by atoms with Crippen molar-refractivity contribution in [2.45, 2.75) is 12.1 Å². The number of rotatable bonds is 8. The lowest BCUT2D eigenvalue weighted by Gasteiger charge is -2.28. The standard InChI is InChI=1S/C23H25N2O4P/c1-28-20-14-13-17(15-21(20)29-2)16-22(23(26)25-24)30(27,18-9-5-3-6-10-18)19-11-7-4-8-12-19/h3-15,22H,16,24H2,1-2H3,(H,25,26)/t22-/m1/s1. The summed E-state index contributed by atoms with van der Waals surface area (Å²) in [6.07, 6.45) is 0.213. The maximum Gasteiger partial charge on any atom is 0.245 e. The van der Waals surface area contributed by atoms with E-state index in [1.165, 1.54) is 0 Å². The first-order valence-corrected chi connectivity index (χ1v) is 11.2. The molecule has 1 amide bonds. The molecule has 0 unspecified atom stereocenters. The number of hydrogen-bond acceptors (Lipinski definition) is 5. The van der Waals surface area contributed by atoms with Gasteiger partial charge in [0.05, 0.1) is 14.2 Å². The van der Waals surface area contributed by atoms with Crippen molar-refractivity contribution in [1.29, 1.82) is 0 Å². The minimum absolute atomic E-state index is 0.213. The van der Waals surface area contributed by atoms with Crippen LogP contribution in [0.2, 0.25) is 0 Å². The van der Waals surface area contributed by atoms with Crippen molar-refractivity contribution in [3.63, 3.8) is 0 Å². The molecule has 30 heavy (non-hydrogen) atoms. The Hall–Kier alpha value is -3.08. The Morgan fingerprint density at radius 2 is 1.43 bits per heavy atom. The third-order valence-electron chi connectivity index (χ3n) is 5.04. The fraction of sp³-hybridized carbons (Fsp3) is 0.174. The Morgan fingerprint density at radius 3 is 1.90 bits per heavy atom. The lowest BCUT2D eigenvalue weighted by atomic mass is 10.1. The summed E-state index contributed by atoms with van der Waals surface area (Å²) in [6, 6.07) is 23.5. The predicted octanol–water partition coefficient (Wildman–Crippen LogP) is 2.62. The summed E-state index contributed by atoms with van der Waals surface area (Å²) in [5.74, 6) is 6.15. The zero-order chi connectivity index (χ0) is 21.6. The van der Waals surface area contributed by atoms with Crippen LogP contribution in [0, 0.1) is 0 Å². The Labute approximate surface area is 176 Å². The second-order valence-corrected chi connectivity index (χ2v) is 9.72. The van der Waals surface area contributed by atoms with E-state index in [4.69, 9.17) is 15.3 Å². The maximum atomic E-state index is 14.6. The lowest BCUT2D eigenvalue weighted by Crippen LogP contribution is -2.43. The number of carbonyl (C=O) groups is 1. The molecule has 0 aromatic heterocycles. The fourth-order valence-corrected chi connectivity index (χ4v) is 6.64. The molecule has 0 bridgehead atoms. The molecule has 3 rings (SSSR count). The van der Waals surface area contributed by atoms with Crippen molar-refractivity contribution in [3.8, 4) is 11.5 Å².